The number of aromatic nitrogens is 2. The Labute approximate surface area is 108 Å². The van der Waals surface area contributed by atoms with E-state index in [1.165, 1.54) is 24.8 Å². The summed E-state index contributed by atoms with van der Waals surface area (Å²) in [7, 11) is 0. The lowest BCUT2D eigenvalue weighted by molar-refractivity contribution is 0.338. The minimum atomic E-state index is 0.453. The van der Waals surface area contributed by atoms with Gasteiger partial charge in [-0.3, -0.25) is 0 Å². The van der Waals surface area contributed by atoms with Gasteiger partial charge in [0, 0.05) is 18.5 Å². The van der Waals surface area contributed by atoms with Crippen LogP contribution in [0.1, 0.15) is 50.4 Å². The topological polar surface area (TPSA) is 40.7 Å². The maximum atomic E-state index is 4.60. The van der Waals surface area contributed by atoms with Crippen LogP contribution in [0.2, 0.25) is 0 Å². The number of H-pyrrole nitrogens is 1. The average Bonchev–Trinajstić information content (AvgIpc) is 2.70. The third kappa shape index (κ3) is 2.27. The molecule has 96 valence electrons. The molecule has 2 aromatic rings. The van der Waals surface area contributed by atoms with Gasteiger partial charge in [-0.1, -0.05) is 26.3 Å². The number of benzene rings is 1. The van der Waals surface area contributed by atoms with Crippen molar-refractivity contribution in [3.8, 4) is 0 Å². The van der Waals surface area contributed by atoms with Crippen molar-refractivity contribution >= 4 is 11.0 Å². The van der Waals surface area contributed by atoms with E-state index < -0.39 is 0 Å². The minimum Gasteiger partial charge on any atom is -0.342 e. The molecule has 3 nitrogen and oxygen atoms in total. The average molecular weight is 243 g/mol. The highest BCUT2D eigenvalue weighted by Crippen LogP contribution is 2.20. The summed E-state index contributed by atoms with van der Waals surface area (Å²) in [6.45, 7) is 5.30. The third-order valence-corrected chi connectivity index (χ3v) is 3.81. The van der Waals surface area contributed by atoms with E-state index in [4.69, 9.17) is 0 Å². The predicted molar refractivity (Wildman–Crippen MR) is 74.7 cm³/mol. The van der Waals surface area contributed by atoms with Gasteiger partial charge in [0.05, 0.1) is 11.0 Å². The molecule has 0 atom stereocenters. The molecule has 0 spiro atoms. The van der Waals surface area contributed by atoms with Crippen LogP contribution in [0.15, 0.2) is 18.2 Å². The number of aromatic amines is 1. The fourth-order valence-corrected chi connectivity index (χ4v) is 2.33. The van der Waals surface area contributed by atoms with Crippen LogP contribution in [0.25, 0.3) is 11.0 Å². The van der Waals surface area contributed by atoms with Crippen LogP contribution in [0.5, 0.6) is 0 Å². The first-order valence-electron chi connectivity index (χ1n) is 6.94. The number of nitrogens with zero attached hydrogens (tertiary/aromatic N) is 1. The van der Waals surface area contributed by atoms with Gasteiger partial charge in [0.15, 0.2) is 0 Å². The number of hydrogen-bond acceptors (Lipinski definition) is 2. The van der Waals surface area contributed by atoms with E-state index in [-0.39, 0.29) is 0 Å². The van der Waals surface area contributed by atoms with Gasteiger partial charge >= 0.3 is 0 Å². The molecule has 1 fully saturated rings. The van der Waals surface area contributed by atoms with Crippen molar-refractivity contribution in [1.29, 1.82) is 0 Å². The van der Waals surface area contributed by atoms with Crippen LogP contribution < -0.4 is 5.32 Å². The molecule has 0 radical (unpaired) electrons. The van der Waals surface area contributed by atoms with Gasteiger partial charge in [0.25, 0.3) is 0 Å². The Morgan fingerprint density at radius 2 is 2.22 bits per heavy atom. The van der Waals surface area contributed by atoms with Gasteiger partial charge in [-0.15, -0.1) is 0 Å². The van der Waals surface area contributed by atoms with Crippen molar-refractivity contribution in [2.45, 2.75) is 51.6 Å². The van der Waals surface area contributed by atoms with Crippen molar-refractivity contribution in [3.63, 3.8) is 0 Å². The third-order valence-electron chi connectivity index (χ3n) is 3.81. The molecule has 3 rings (SSSR count). The Hall–Kier alpha value is -1.35. The molecule has 1 aliphatic carbocycles. The Morgan fingerprint density at radius 3 is 2.89 bits per heavy atom. The molecule has 18 heavy (non-hydrogen) atoms. The maximum absolute atomic E-state index is 4.60. The van der Waals surface area contributed by atoms with E-state index in [0.717, 1.165) is 29.4 Å². The molecule has 0 saturated heterocycles. The molecule has 0 unspecified atom stereocenters. The second kappa shape index (κ2) is 4.73. The highest BCUT2D eigenvalue weighted by molar-refractivity contribution is 5.75. The summed E-state index contributed by atoms with van der Waals surface area (Å²) >= 11 is 0. The van der Waals surface area contributed by atoms with Crippen molar-refractivity contribution in [2.75, 3.05) is 0 Å². The molecular weight excluding hydrogens is 222 g/mol. The Kier molecular flexibility index (Phi) is 3.08. The molecule has 1 aliphatic rings. The number of hydrogen-bond donors (Lipinski definition) is 2. The number of rotatable bonds is 4. The summed E-state index contributed by atoms with van der Waals surface area (Å²) in [4.78, 5) is 8.01. The van der Waals surface area contributed by atoms with Crippen LogP contribution in [0, 0.1) is 0 Å². The molecular formula is C15H21N3. The minimum absolute atomic E-state index is 0.453. The first-order chi connectivity index (χ1) is 8.72. The van der Waals surface area contributed by atoms with Crippen molar-refractivity contribution in [3.05, 3.63) is 29.6 Å². The molecule has 2 N–H and O–H groups in total. The van der Waals surface area contributed by atoms with E-state index >= 15 is 0 Å². The highest BCUT2D eigenvalue weighted by atomic mass is 14.9. The largest absolute Gasteiger partial charge is 0.342 e. The SMILES string of the molecule is CC(C)c1nc2ccc(CNC3CCC3)cc2[nH]1. The van der Waals surface area contributed by atoms with Crippen LogP contribution >= 0.6 is 0 Å². The van der Waals surface area contributed by atoms with E-state index in [1.807, 2.05) is 0 Å². The van der Waals surface area contributed by atoms with Gasteiger partial charge in [-0.25, -0.2) is 4.98 Å². The van der Waals surface area contributed by atoms with E-state index in [0.29, 0.717) is 5.92 Å². The Morgan fingerprint density at radius 1 is 1.39 bits per heavy atom. The Balaban J connectivity index is 1.76. The zero-order valence-corrected chi connectivity index (χ0v) is 11.2. The van der Waals surface area contributed by atoms with Gasteiger partial charge < -0.3 is 10.3 Å². The van der Waals surface area contributed by atoms with Crippen molar-refractivity contribution in [1.82, 2.24) is 15.3 Å². The van der Waals surface area contributed by atoms with Crippen LogP contribution in [-0.4, -0.2) is 16.0 Å². The van der Waals surface area contributed by atoms with Gasteiger partial charge in [0.1, 0.15) is 5.82 Å². The molecule has 0 bridgehead atoms. The van der Waals surface area contributed by atoms with Crippen LogP contribution in [-0.2, 0) is 6.54 Å². The molecule has 3 heteroatoms. The zero-order valence-electron chi connectivity index (χ0n) is 11.2. The summed E-state index contributed by atoms with van der Waals surface area (Å²) in [5.74, 6) is 1.53. The Bertz CT molecular complexity index is 538. The predicted octanol–water partition coefficient (Wildman–Crippen LogP) is 3.33. The lowest BCUT2D eigenvalue weighted by Crippen LogP contribution is -2.34. The maximum Gasteiger partial charge on any atom is 0.109 e. The van der Waals surface area contributed by atoms with E-state index in [1.54, 1.807) is 0 Å². The van der Waals surface area contributed by atoms with Gasteiger partial charge in [-0.2, -0.15) is 0 Å². The number of imidazole rings is 1. The molecule has 1 aromatic heterocycles. The van der Waals surface area contributed by atoms with E-state index in [2.05, 4.69) is 47.3 Å². The summed E-state index contributed by atoms with van der Waals surface area (Å²) in [6.07, 6.45) is 4.06. The standard InChI is InChI=1S/C15H21N3/c1-10(2)15-17-13-7-6-11(8-14(13)18-15)9-16-12-4-3-5-12/h6-8,10,12,16H,3-5,9H2,1-2H3,(H,17,18). The fraction of sp³-hybridized carbons (Fsp3) is 0.533. The highest BCUT2D eigenvalue weighted by Gasteiger charge is 2.16. The normalized spacial score (nSPS) is 16.4. The fourth-order valence-electron chi connectivity index (χ4n) is 2.33. The van der Waals surface area contributed by atoms with E-state index in [9.17, 15) is 0 Å². The molecule has 0 aliphatic heterocycles. The smallest absolute Gasteiger partial charge is 0.109 e. The molecule has 0 amide bonds. The lowest BCUT2D eigenvalue weighted by Gasteiger charge is -2.26. The van der Waals surface area contributed by atoms with Crippen molar-refractivity contribution in [2.24, 2.45) is 0 Å². The van der Waals surface area contributed by atoms with Gasteiger partial charge in [-0.05, 0) is 30.5 Å². The van der Waals surface area contributed by atoms with Crippen LogP contribution in [0.3, 0.4) is 0 Å². The molecule has 1 saturated carbocycles. The summed E-state index contributed by atoms with van der Waals surface area (Å²) < 4.78 is 0. The molecule has 1 aromatic carbocycles. The molecule has 1 heterocycles. The van der Waals surface area contributed by atoms with Gasteiger partial charge in [0.2, 0.25) is 0 Å². The first-order valence-corrected chi connectivity index (χ1v) is 6.94. The summed E-state index contributed by atoms with van der Waals surface area (Å²) in [5.41, 5.74) is 3.58. The quantitative estimate of drug-likeness (QED) is 0.864. The monoisotopic (exact) mass is 243 g/mol. The number of fused-ring (bicyclic) bond motifs is 1. The lowest BCUT2D eigenvalue weighted by atomic mass is 9.93. The first kappa shape index (κ1) is 11.7. The second-order valence-corrected chi connectivity index (χ2v) is 5.64. The summed E-state index contributed by atoms with van der Waals surface area (Å²) in [6, 6.07) is 7.27. The second-order valence-electron chi connectivity index (χ2n) is 5.64. The number of nitrogens with one attached hydrogen (secondary N) is 2. The van der Waals surface area contributed by atoms with Crippen molar-refractivity contribution < 1.29 is 0 Å². The zero-order chi connectivity index (χ0) is 12.5. The summed E-state index contributed by atoms with van der Waals surface area (Å²) in [5, 5.41) is 3.60. The van der Waals surface area contributed by atoms with Crippen LogP contribution in [0.4, 0.5) is 0 Å².